The van der Waals surface area contributed by atoms with Gasteiger partial charge in [-0.25, -0.2) is 0 Å². The molecular formula is C13H16N2O4. The molecule has 0 spiro atoms. The van der Waals surface area contributed by atoms with E-state index in [4.69, 9.17) is 4.74 Å². The van der Waals surface area contributed by atoms with Gasteiger partial charge in [-0.2, -0.15) is 0 Å². The summed E-state index contributed by atoms with van der Waals surface area (Å²) in [6.07, 6.45) is 3.04. The zero-order valence-electron chi connectivity index (χ0n) is 10.7. The van der Waals surface area contributed by atoms with E-state index in [0.29, 0.717) is 0 Å². The zero-order valence-corrected chi connectivity index (χ0v) is 10.7. The third kappa shape index (κ3) is 2.73. The van der Waals surface area contributed by atoms with Gasteiger partial charge in [-0.15, -0.1) is 0 Å². The van der Waals surface area contributed by atoms with E-state index in [-0.39, 0.29) is 17.5 Å². The Balaban J connectivity index is 2.33. The topological polar surface area (TPSA) is 72.7 Å². The van der Waals surface area contributed by atoms with Gasteiger partial charge in [-0.05, 0) is 43.6 Å². The molecule has 1 aromatic carbocycles. The second kappa shape index (κ2) is 5.79. The van der Waals surface area contributed by atoms with Crippen molar-refractivity contribution in [2.45, 2.75) is 18.9 Å². The summed E-state index contributed by atoms with van der Waals surface area (Å²) in [5, 5.41) is 10.8. The Morgan fingerprint density at radius 2 is 2.11 bits per heavy atom. The van der Waals surface area contributed by atoms with Crippen molar-refractivity contribution in [3.63, 3.8) is 0 Å². The average Bonchev–Trinajstić information content (AvgIpc) is 2.93. The van der Waals surface area contributed by atoms with Crippen molar-refractivity contribution in [1.82, 2.24) is 4.90 Å². The minimum absolute atomic E-state index is 0.0858. The number of benzene rings is 1. The van der Waals surface area contributed by atoms with E-state index < -0.39 is 4.92 Å². The summed E-state index contributed by atoms with van der Waals surface area (Å²) in [6.45, 7) is 1.76. The van der Waals surface area contributed by atoms with Gasteiger partial charge in [0.25, 0.3) is 0 Å². The molecule has 2 rings (SSSR count). The van der Waals surface area contributed by atoms with Gasteiger partial charge < -0.3 is 9.53 Å². The number of carbonyl (C=O) groups excluding carboxylic acids is 1. The van der Waals surface area contributed by atoms with E-state index in [1.807, 2.05) is 0 Å². The molecule has 6 nitrogen and oxygen atoms in total. The highest BCUT2D eigenvalue weighted by molar-refractivity contribution is 5.63. The largest absolute Gasteiger partial charge is 0.490 e. The Labute approximate surface area is 111 Å². The van der Waals surface area contributed by atoms with Gasteiger partial charge in [0.15, 0.2) is 5.75 Å². The Bertz CT molecular complexity index is 484. The highest BCUT2D eigenvalue weighted by Crippen LogP contribution is 2.32. The summed E-state index contributed by atoms with van der Waals surface area (Å²) in [5.41, 5.74) is 0.650. The number of ether oxygens (including phenoxy) is 1. The highest BCUT2D eigenvalue weighted by atomic mass is 16.6. The van der Waals surface area contributed by atoms with E-state index in [9.17, 15) is 14.9 Å². The van der Waals surface area contributed by atoms with Crippen LogP contribution < -0.4 is 4.74 Å². The van der Waals surface area contributed by atoms with Crippen LogP contribution in [-0.4, -0.2) is 36.3 Å². The standard InChI is InChI=1S/C13H16N2O4/c1-19-13-8-10(4-5-11(13)15(17)18)12(9-16)14-6-2-3-7-14/h4-5,8-9,12H,2-3,6-7H2,1H3. The summed E-state index contributed by atoms with van der Waals surface area (Å²) in [5.74, 6) is 0.188. The van der Waals surface area contributed by atoms with Crippen LogP contribution >= 0.6 is 0 Å². The molecule has 1 unspecified atom stereocenters. The van der Waals surface area contributed by atoms with E-state index in [1.165, 1.54) is 13.2 Å². The number of nitrogens with zero attached hydrogens (tertiary/aromatic N) is 2. The minimum atomic E-state index is -0.492. The van der Waals surface area contributed by atoms with Crippen molar-refractivity contribution in [1.29, 1.82) is 0 Å². The van der Waals surface area contributed by atoms with E-state index in [1.54, 1.807) is 12.1 Å². The van der Waals surface area contributed by atoms with Crippen LogP contribution in [0.4, 0.5) is 5.69 Å². The van der Waals surface area contributed by atoms with Gasteiger partial charge in [0.05, 0.1) is 18.1 Å². The monoisotopic (exact) mass is 264 g/mol. The van der Waals surface area contributed by atoms with Crippen molar-refractivity contribution in [3.8, 4) is 5.75 Å². The molecule has 0 aromatic heterocycles. The zero-order chi connectivity index (χ0) is 13.8. The number of carbonyl (C=O) groups is 1. The Hall–Kier alpha value is -1.95. The summed E-state index contributed by atoms with van der Waals surface area (Å²) in [7, 11) is 1.39. The molecule has 6 heteroatoms. The number of nitro benzene ring substituents is 1. The minimum Gasteiger partial charge on any atom is -0.490 e. The summed E-state index contributed by atoms with van der Waals surface area (Å²) in [4.78, 5) is 23.7. The molecule has 102 valence electrons. The number of aldehydes is 1. The molecule has 1 fully saturated rings. The van der Waals surface area contributed by atoms with Crippen LogP contribution in [0.1, 0.15) is 24.4 Å². The fraction of sp³-hybridized carbons (Fsp3) is 0.462. The van der Waals surface area contributed by atoms with Crippen molar-refractivity contribution < 1.29 is 14.5 Å². The van der Waals surface area contributed by atoms with E-state index >= 15 is 0 Å². The molecule has 1 saturated heterocycles. The first kappa shape index (κ1) is 13.5. The predicted molar refractivity (Wildman–Crippen MR) is 69.3 cm³/mol. The van der Waals surface area contributed by atoms with Crippen molar-refractivity contribution in [2.75, 3.05) is 20.2 Å². The lowest BCUT2D eigenvalue weighted by Crippen LogP contribution is -2.26. The van der Waals surface area contributed by atoms with Crippen LogP contribution in [0.25, 0.3) is 0 Å². The fourth-order valence-corrected chi connectivity index (χ4v) is 2.42. The van der Waals surface area contributed by atoms with Crippen LogP contribution in [0.2, 0.25) is 0 Å². The number of hydrogen-bond donors (Lipinski definition) is 0. The van der Waals surface area contributed by atoms with Crippen molar-refractivity contribution >= 4 is 12.0 Å². The highest BCUT2D eigenvalue weighted by Gasteiger charge is 2.25. The first-order valence-corrected chi connectivity index (χ1v) is 6.19. The molecule has 0 bridgehead atoms. The van der Waals surface area contributed by atoms with Crippen molar-refractivity contribution in [2.24, 2.45) is 0 Å². The third-order valence-corrected chi connectivity index (χ3v) is 3.40. The number of rotatable bonds is 5. The van der Waals surface area contributed by atoms with Gasteiger partial charge in [0.1, 0.15) is 6.29 Å². The molecule has 1 aliphatic heterocycles. The molecule has 0 radical (unpaired) electrons. The van der Waals surface area contributed by atoms with Crippen molar-refractivity contribution in [3.05, 3.63) is 33.9 Å². The van der Waals surface area contributed by atoms with Crippen LogP contribution in [-0.2, 0) is 4.79 Å². The maximum atomic E-state index is 11.3. The Kier molecular flexibility index (Phi) is 4.11. The molecule has 0 amide bonds. The third-order valence-electron chi connectivity index (χ3n) is 3.40. The maximum absolute atomic E-state index is 11.3. The number of methoxy groups -OCH3 is 1. The van der Waals surface area contributed by atoms with Gasteiger partial charge in [0.2, 0.25) is 0 Å². The second-order valence-corrected chi connectivity index (χ2v) is 4.51. The smallest absolute Gasteiger partial charge is 0.310 e. The lowest BCUT2D eigenvalue weighted by Gasteiger charge is -2.22. The Morgan fingerprint density at radius 3 is 2.63 bits per heavy atom. The normalized spacial score (nSPS) is 17.1. The Morgan fingerprint density at radius 1 is 1.42 bits per heavy atom. The van der Waals surface area contributed by atoms with Crippen LogP contribution in [0.15, 0.2) is 18.2 Å². The first-order valence-electron chi connectivity index (χ1n) is 6.19. The maximum Gasteiger partial charge on any atom is 0.310 e. The van der Waals surface area contributed by atoms with Gasteiger partial charge in [-0.3, -0.25) is 15.0 Å². The number of hydrogen-bond acceptors (Lipinski definition) is 5. The summed E-state index contributed by atoms with van der Waals surface area (Å²) in [6, 6.07) is 4.24. The van der Waals surface area contributed by atoms with Gasteiger partial charge in [0, 0.05) is 6.07 Å². The SMILES string of the molecule is COc1cc(C(C=O)N2CCCC2)ccc1[N+](=O)[O-]. The van der Waals surface area contributed by atoms with Crippen LogP contribution in [0.3, 0.4) is 0 Å². The lowest BCUT2D eigenvalue weighted by atomic mass is 10.1. The molecule has 0 N–H and O–H groups in total. The second-order valence-electron chi connectivity index (χ2n) is 4.51. The molecule has 19 heavy (non-hydrogen) atoms. The van der Waals surface area contributed by atoms with Gasteiger partial charge in [-0.1, -0.05) is 0 Å². The molecule has 0 aliphatic carbocycles. The fourth-order valence-electron chi connectivity index (χ4n) is 2.42. The quantitative estimate of drug-likeness (QED) is 0.461. The first-order chi connectivity index (χ1) is 9.17. The number of likely N-dealkylation sites (tertiary alicyclic amines) is 1. The van der Waals surface area contributed by atoms with E-state index in [0.717, 1.165) is 37.8 Å². The van der Waals surface area contributed by atoms with Gasteiger partial charge >= 0.3 is 5.69 Å². The number of nitro groups is 1. The average molecular weight is 264 g/mol. The molecular weight excluding hydrogens is 248 g/mol. The summed E-state index contributed by atoms with van der Waals surface area (Å²) >= 11 is 0. The summed E-state index contributed by atoms with van der Waals surface area (Å²) < 4.78 is 5.03. The van der Waals surface area contributed by atoms with Crippen LogP contribution in [0.5, 0.6) is 5.75 Å². The van der Waals surface area contributed by atoms with E-state index in [2.05, 4.69) is 4.90 Å². The molecule has 1 aliphatic rings. The predicted octanol–water partition coefficient (Wildman–Crippen LogP) is 1.94. The molecule has 0 saturated carbocycles. The van der Waals surface area contributed by atoms with Crippen LogP contribution in [0, 0.1) is 10.1 Å². The molecule has 1 heterocycles. The molecule has 1 atom stereocenters. The molecule has 1 aromatic rings. The lowest BCUT2D eigenvalue weighted by molar-refractivity contribution is -0.385.